The molecule has 0 saturated carbocycles. The van der Waals surface area contributed by atoms with E-state index in [1.165, 1.54) is 19.4 Å². The average Bonchev–Trinajstić information content (AvgIpc) is 2.87. The monoisotopic (exact) mass is 466 g/mol. The second-order valence-corrected chi connectivity index (χ2v) is 8.02. The predicted octanol–water partition coefficient (Wildman–Crippen LogP) is 3.81. The molecule has 3 aromatic rings. The number of hydrogen-bond donors (Lipinski definition) is 1. The van der Waals surface area contributed by atoms with Gasteiger partial charge in [0.2, 0.25) is 0 Å². The van der Waals surface area contributed by atoms with Gasteiger partial charge in [0, 0.05) is 42.5 Å². The molecule has 178 valence electrons. The van der Waals surface area contributed by atoms with E-state index in [2.05, 4.69) is 9.97 Å². The largest absolute Gasteiger partial charge is 0.496 e. The maximum Gasteiger partial charge on any atom is 0.272 e. The number of halogens is 1. The van der Waals surface area contributed by atoms with Gasteiger partial charge in [-0.2, -0.15) is 0 Å². The van der Waals surface area contributed by atoms with Gasteiger partial charge < -0.3 is 24.8 Å². The average molecular weight is 467 g/mol. The maximum absolute atomic E-state index is 13.9. The van der Waals surface area contributed by atoms with Gasteiger partial charge >= 0.3 is 0 Å². The predicted molar refractivity (Wildman–Crippen MR) is 125 cm³/mol. The van der Waals surface area contributed by atoms with Crippen molar-refractivity contribution in [1.29, 1.82) is 0 Å². The highest BCUT2D eigenvalue weighted by atomic mass is 19.1. The van der Waals surface area contributed by atoms with Gasteiger partial charge in [-0.05, 0) is 24.8 Å². The molecule has 1 aliphatic rings. The van der Waals surface area contributed by atoms with Crippen molar-refractivity contribution in [1.82, 2.24) is 14.9 Å². The van der Waals surface area contributed by atoms with Crippen molar-refractivity contribution in [3.8, 4) is 17.2 Å². The molecule has 0 atom stereocenters. The quantitative estimate of drug-likeness (QED) is 0.565. The van der Waals surface area contributed by atoms with Crippen LogP contribution >= 0.6 is 0 Å². The van der Waals surface area contributed by atoms with Crippen molar-refractivity contribution in [3.05, 3.63) is 71.4 Å². The molecule has 9 heteroatoms. The molecule has 1 aliphatic heterocycles. The first-order valence-corrected chi connectivity index (χ1v) is 11.0. The number of amides is 1. The second kappa shape index (κ2) is 10.4. The van der Waals surface area contributed by atoms with Crippen molar-refractivity contribution in [2.45, 2.75) is 25.4 Å². The number of benzene rings is 1. The Bertz CT molecular complexity index is 1170. The van der Waals surface area contributed by atoms with Crippen molar-refractivity contribution < 1.29 is 23.4 Å². The Balaban J connectivity index is 1.41. The van der Waals surface area contributed by atoms with Crippen LogP contribution < -0.4 is 19.9 Å². The number of hydrogen-bond acceptors (Lipinski definition) is 7. The summed E-state index contributed by atoms with van der Waals surface area (Å²) in [6, 6.07) is 9.65. The maximum atomic E-state index is 13.9. The fraction of sp³-hybridized carbons (Fsp3) is 0.320. The molecule has 1 fully saturated rings. The molecule has 1 saturated heterocycles. The van der Waals surface area contributed by atoms with Crippen LogP contribution in [0.5, 0.6) is 17.2 Å². The fourth-order valence-corrected chi connectivity index (χ4v) is 4.08. The third-order valence-corrected chi connectivity index (χ3v) is 5.97. The number of pyridine rings is 2. The number of nitrogen functional groups attached to an aromatic ring is 1. The summed E-state index contributed by atoms with van der Waals surface area (Å²) in [5.74, 6) is 1.52. The van der Waals surface area contributed by atoms with E-state index in [4.69, 9.17) is 19.9 Å². The number of nitrogens with zero attached hydrogens (tertiary/aromatic N) is 3. The molecular formula is C25H27FN4O4. The van der Waals surface area contributed by atoms with E-state index in [-0.39, 0.29) is 29.9 Å². The highest BCUT2D eigenvalue weighted by Crippen LogP contribution is 2.35. The van der Waals surface area contributed by atoms with E-state index < -0.39 is 0 Å². The molecule has 2 N–H and O–H groups in total. The minimum absolute atomic E-state index is 0.0228. The molecule has 0 radical (unpaired) electrons. The molecule has 3 heterocycles. The molecular weight excluding hydrogens is 439 g/mol. The lowest BCUT2D eigenvalue weighted by molar-refractivity contribution is 0.0706. The number of anilines is 1. The third kappa shape index (κ3) is 5.03. The molecule has 1 aromatic carbocycles. The number of methoxy groups -OCH3 is 2. The van der Waals surface area contributed by atoms with Crippen molar-refractivity contribution in [2.75, 3.05) is 33.0 Å². The lowest BCUT2D eigenvalue weighted by Crippen LogP contribution is -2.38. The van der Waals surface area contributed by atoms with E-state index in [0.717, 1.165) is 24.2 Å². The van der Waals surface area contributed by atoms with E-state index in [1.807, 2.05) is 0 Å². The Kier molecular flexibility index (Phi) is 7.10. The van der Waals surface area contributed by atoms with E-state index in [0.29, 0.717) is 36.0 Å². The van der Waals surface area contributed by atoms with Crippen LogP contribution in [0.1, 0.15) is 40.4 Å². The molecule has 4 rings (SSSR count). The van der Waals surface area contributed by atoms with Gasteiger partial charge in [-0.15, -0.1) is 0 Å². The van der Waals surface area contributed by atoms with Crippen molar-refractivity contribution in [2.24, 2.45) is 0 Å². The topological polar surface area (TPSA) is 99.8 Å². The summed E-state index contributed by atoms with van der Waals surface area (Å²) in [4.78, 5) is 23.3. The number of aromatic nitrogens is 2. The minimum Gasteiger partial charge on any atom is -0.496 e. The number of piperidine rings is 1. The normalized spacial score (nSPS) is 14.0. The van der Waals surface area contributed by atoms with Gasteiger partial charge in [-0.3, -0.25) is 4.79 Å². The molecule has 34 heavy (non-hydrogen) atoms. The van der Waals surface area contributed by atoms with Crippen LogP contribution in [0.3, 0.4) is 0 Å². The molecule has 0 bridgehead atoms. The fourth-order valence-electron chi connectivity index (χ4n) is 4.08. The van der Waals surface area contributed by atoms with Gasteiger partial charge in [-0.1, -0.05) is 18.2 Å². The van der Waals surface area contributed by atoms with Crippen molar-refractivity contribution >= 4 is 11.7 Å². The lowest BCUT2D eigenvalue weighted by atomic mass is 9.89. The van der Waals surface area contributed by atoms with Gasteiger partial charge in [0.1, 0.15) is 29.7 Å². The summed E-state index contributed by atoms with van der Waals surface area (Å²) in [5.41, 5.74) is 7.44. The van der Waals surface area contributed by atoms with Crippen LogP contribution in [0.4, 0.5) is 10.2 Å². The summed E-state index contributed by atoms with van der Waals surface area (Å²) in [5, 5.41) is 0. The number of nitrogens with two attached hydrogens (primary N) is 1. The standard InChI is InChI=1S/C25H27FN4O4/c1-32-21-12-24(27)29-13-18(21)16-7-9-30(10-8-16)25(31)20-11-22(33-2)23(14-28-20)34-15-17-5-3-4-6-19(17)26/h3-6,11-14,16H,7-10,15H2,1-2H3,(H2,27,29). The van der Waals surface area contributed by atoms with E-state index in [9.17, 15) is 9.18 Å². The lowest BCUT2D eigenvalue weighted by Gasteiger charge is -2.32. The summed E-state index contributed by atoms with van der Waals surface area (Å²) >= 11 is 0. The zero-order chi connectivity index (χ0) is 24.1. The first-order chi connectivity index (χ1) is 16.5. The molecule has 0 aliphatic carbocycles. The van der Waals surface area contributed by atoms with Crippen molar-refractivity contribution in [3.63, 3.8) is 0 Å². The minimum atomic E-state index is -0.350. The molecule has 0 unspecified atom stereocenters. The number of ether oxygens (including phenoxy) is 3. The Morgan fingerprint density at radius 1 is 1.06 bits per heavy atom. The van der Waals surface area contributed by atoms with E-state index >= 15 is 0 Å². The van der Waals surface area contributed by atoms with Crippen LogP contribution in [0.2, 0.25) is 0 Å². The zero-order valence-corrected chi connectivity index (χ0v) is 19.2. The first-order valence-electron chi connectivity index (χ1n) is 11.0. The number of rotatable bonds is 7. The summed E-state index contributed by atoms with van der Waals surface area (Å²) < 4.78 is 30.4. The highest BCUT2D eigenvalue weighted by molar-refractivity contribution is 5.93. The third-order valence-electron chi connectivity index (χ3n) is 5.97. The highest BCUT2D eigenvalue weighted by Gasteiger charge is 2.28. The Morgan fingerprint density at radius 2 is 1.79 bits per heavy atom. The van der Waals surface area contributed by atoms with Crippen LogP contribution in [0, 0.1) is 5.82 Å². The summed E-state index contributed by atoms with van der Waals surface area (Å²) in [6.07, 6.45) is 4.73. The summed E-state index contributed by atoms with van der Waals surface area (Å²) in [6.45, 7) is 1.17. The van der Waals surface area contributed by atoms with Crippen LogP contribution in [-0.2, 0) is 6.61 Å². The SMILES string of the molecule is COc1cc(C(=O)N2CCC(c3cnc(N)cc3OC)CC2)ncc1OCc1ccccc1F. The molecule has 8 nitrogen and oxygen atoms in total. The van der Waals surface area contributed by atoms with E-state index in [1.54, 1.807) is 48.5 Å². The van der Waals surface area contributed by atoms with Crippen LogP contribution in [0.15, 0.2) is 48.8 Å². The van der Waals surface area contributed by atoms with Crippen LogP contribution in [-0.4, -0.2) is 48.1 Å². The number of carbonyl (C=O) groups is 1. The number of carbonyl (C=O) groups excluding carboxylic acids is 1. The molecule has 0 spiro atoms. The first kappa shape index (κ1) is 23.3. The molecule has 1 amide bonds. The van der Waals surface area contributed by atoms with Gasteiger partial charge in [0.15, 0.2) is 11.5 Å². The Morgan fingerprint density at radius 3 is 2.50 bits per heavy atom. The van der Waals surface area contributed by atoms with Gasteiger partial charge in [0.05, 0.1) is 20.4 Å². The Hall–Kier alpha value is -3.88. The second-order valence-electron chi connectivity index (χ2n) is 8.02. The summed E-state index contributed by atoms with van der Waals surface area (Å²) in [7, 11) is 3.10. The van der Waals surface area contributed by atoms with Crippen LogP contribution in [0.25, 0.3) is 0 Å². The Labute approximate surface area is 197 Å². The zero-order valence-electron chi connectivity index (χ0n) is 19.2. The molecule has 2 aromatic heterocycles. The smallest absolute Gasteiger partial charge is 0.272 e. The van der Waals surface area contributed by atoms with Gasteiger partial charge in [-0.25, -0.2) is 14.4 Å². The number of likely N-dealkylation sites (tertiary alicyclic amines) is 1. The van der Waals surface area contributed by atoms with Gasteiger partial charge in [0.25, 0.3) is 5.91 Å².